The van der Waals surface area contributed by atoms with Gasteiger partial charge < -0.3 is 4.89 Å². The highest BCUT2D eigenvalue weighted by molar-refractivity contribution is 7.68. The van der Waals surface area contributed by atoms with Gasteiger partial charge in [-0.3, -0.25) is 0 Å². The SMILES string of the molecule is O=[P+](O)CCP(CC=[P+]([O-])O)c1ccccc1. The van der Waals surface area contributed by atoms with E-state index in [1.165, 1.54) is 5.80 Å². The molecule has 0 heterocycles. The van der Waals surface area contributed by atoms with Gasteiger partial charge in [-0.1, -0.05) is 38.3 Å². The van der Waals surface area contributed by atoms with E-state index in [4.69, 9.17) is 9.79 Å². The predicted molar refractivity (Wildman–Crippen MR) is 72.6 cm³/mol. The summed E-state index contributed by atoms with van der Waals surface area (Å²) >= 11 is 0. The minimum Gasteiger partial charge on any atom is -0.603 e. The second kappa shape index (κ2) is 8.00. The van der Waals surface area contributed by atoms with Gasteiger partial charge in [-0.25, -0.2) is 0 Å². The van der Waals surface area contributed by atoms with E-state index < -0.39 is 23.9 Å². The van der Waals surface area contributed by atoms with Crippen LogP contribution in [0.5, 0.6) is 0 Å². The summed E-state index contributed by atoms with van der Waals surface area (Å²) in [4.78, 5) is 28.3. The molecule has 0 aliphatic heterocycles. The van der Waals surface area contributed by atoms with E-state index in [-0.39, 0.29) is 6.16 Å². The van der Waals surface area contributed by atoms with Gasteiger partial charge in [0.25, 0.3) is 0 Å². The zero-order valence-corrected chi connectivity index (χ0v) is 11.8. The Morgan fingerprint density at radius 1 is 1.29 bits per heavy atom. The van der Waals surface area contributed by atoms with Crippen molar-refractivity contribution < 1.29 is 19.2 Å². The molecule has 2 N–H and O–H groups in total. The quantitative estimate of drug-likeness (QED) is 0.766. The minimum atomic E-state index is -2.24. The van der Waals surface area contributed by atoms with E-state index in [0.717, 1.165) is 5.30 Å². The molecule has 7 heteroatoms. The molecule has 0 fully saturated rings. The fourth-order valence-corrected chi connectivity index (χ4v) is 5.58. The van der Waals surface area contributed by atoms with Crippen molar-refractivity contribution in [3.63, 3.8) is 0 Å². The summed E-state index contributed by atoms with van der Waals surface area (Å²) < 4.78 is 10.7. The van der Waals surface area contributed by atoms with Crippen LogP contribution in [0.15, 0.2) is 30.3 Å². The highest BCUT2D eigenvalue weighted by Crippen LogP contribution is 2.36. The van der Waals surface area contributed by atoms with Crippen LogP contribution in [0.1, 0.15) is 0 Å². The molecular weight excluding hydrogens is 277 g/mol. The average Bonchev–Trinajstić information content (AvgIpc) is 2.29. The lowest BCUT2D eigenvalue weighted by atomic mass is 10.4. The lowest BCUT2D eigenvalue weighted by molar-refractivity contribution is -0.167. The Hall–Kier alpha value is -0.200. The van der Waals surface area contributed by atoms with Crippen LogP contribution < -0.4 is 10.2 Å². The summed E-state index contributed by atoms with van der Waals surface area (Å²) in [5, 5.41) is 1.09. The summed E-state index contributed by atoms with van der Waals surface area (Å²) in [5.74, 6) is 1.37. The van der Waals surface area contributed by atoms with Crippen molar-refractivity contribution in [1.82, 2.24) is 0 Å². The molecule has 1 aromatic rings. The van der Waals surface area contributed by atoms with Crippen molar-refractivity contribution in [3.05, 3.63) is 30.3 Å². The largest absolute Gasteiger partial charge is 0.603 e. The third-order valence-electron chi connectivity index (χ3n) is 2.14. The maximum absolute atomic E-state index is 10.7. The van der Waals surface area contributed by atoms with Gasteiger partial charge in [-0.05, 0) is 9.87 Å². The van der Waals surface area contributed by atoms with Crippen LogP contribution in [-0.4, -0.2) is 34.1 Å². The molecule has 3 atom stereocenters. The molecule has 17 heavy (non-hydrogen) atoms. The molecule has 3 unspecified atom stereocenters. The van der Waals surface area contributed by atoms with Gasteiger partial charge in [0, 0.05) is 12.3 Å². The Kier molecular flexibility index (Phi) is 6.99. The molecule has 4 nitrogen and oxygen atoms in total. The molecule has 0 spiro atoms. The zero-order chi connectivity index (χ0) is 12.7. The highest BCUT2D eigenvalue weighted by Gasteiger charge is 2.17. The molecule has 0 saturated carbocycles. The maximum Gasteiger partial charge on any atom is 0.505 e. The number of hydrogen-bond donors (Lipinski definition) is 2. The van der Waals surface area contributed by atoms with Crippen LogP contribution in [0.25, 0.3) is 0 Å². The Labute approximate surface area is 103 Å². The molecule has 1 rings (SSSR count). The lowest BCUT2D eigenvalue weighted by Gasteiger charge is -2.12. The smallest absolute Gasteiger partial charge is 0.505 e. The standard InChI is InChI=1S/C10H13O4P3/c11-16(12)8-6-15(7-9-17(13)14)10-4-2-1-3-5-10/h1-5,8H,6-7,9H2,(H-,11,12,13,14)/p+1. The minimum absolute atomic E-state index is 0.242. The third kappa shape index (κ3) is 6.33. The molecule has 92 valence electrons. The Bertz CT molecular complexity index is 390. The molecule has 0 aliphatic rings. The normalized spacial score (nSPS) is 14.5. The summed E-state index contributed by atoms with van der Waals surface area (Å²) in [7, 11) is -5.04. The monoisotopic (exact) mass is 291 g/mol. The van der Waals surface area contributed by atoms with Gasteiger partial charge in [0.05, 0.1) is 0 Å². The van der Waals surface area contributed by atoms with Gasteiger partial charge in [0.1, 0.15) is 5.80 Å². The first kappa shape index (κ1) is 14.9. The van der Waals surface area contributed by atoms with E-state index in [1.807, 2.05) is 30.3 Å². The molecule has 0 radical (unpaired) electrons. The number of benzene rings is 1. The Morgan fingerprint density at radius 3 is 2.47 bits per heavy atom. The summed E-state index contributed by atoms with van der Waals surface area (Å²) in [5.41, 5.74) is 0. The van der Waals surface area contributed by atoms with Gasteiger partial charge in [-0.15, -0.1) is 0 Å². The first-order valence-electron chi connectivity index (χ1n) is 5.01. The van der Waals surface area contributed by atoms with Crippen LogP contribution in [0.2, 0.25) is 0 Å². The maximum atomic E-state index is 10.7. The number of rotatable bonds is 6. The second-order valence-electron chi connectivity index (χ2n) is 3.34. The Balaban J connectivity index is 2.72. The van der Waals surface area contributed by atoms with Crippen LogP contribution in [0.4, 0.5) is 0 Å². The molecule has 1 aromatic carbocycles. The van der Waals surface area contributed by atoms with Crippen LogP contribution in [-0.2, 0) is 4.57 Å². The average molecular weight is 291 g/mol. The fourth-order valence-electron chi connectivity index (χ4n) is 1.34. The van der Waals surface area contributed by atoms with Gasteiger partial charge in [-0.2, -0.15) is 9.79 Å². The second-order valence-corrected chi connectivity index (χ2v) is 7.87. The van der Waals surface area contributed by atoms with Crippen LogP contribution in [0, 0.1) is 0 Å². The van der Waals surface area contributed by atoms with E-state index in [0.29, 0.717) is 12.3 Å². The van der Waals surface area contributed by atoms with Crippen molar-refractivity contribution in [2.75, 3.05) is 18.5 Å². The van der Waals surface area contributed by atoms with Crippen LogP contribution >= 0.6 is 23.9 Å². The summed E-state index contributed by atoms with van der Waals surface area (Å²) in [6, 6.07) is 9.62. The van der Waals surface area contributed by atoms with E-state index >= 15 is 0 Å². The lowest BCUT2D eigenvalue weighted by Crippen LogP contribution is -2.08. The number of hydrogen-bond acceptors (Lipinski definition) is 3. The van der Waals surface area contributed by atoms with Gasteiger partial charge in [0.15, 0.2) is 6.16 Å². The van der Waals surface area contributed by atoms with E-state index in [1.54, 1.807) is 0 Å². The van der Waals surface area contributed by atoms with Crippen molar-refractivity contribution in [2.24, 2.45) is 0 Å². The fraction of sp³-hybridized carbons (Fsp3) is 0.300. The van der Waals surface area contributed by atoms with E-state index in [9.17, 15) is 9.46 Å². The van der Waals surface area contributed by atoms with Crippen molar-refractivity contribution in [1.29, 1.82) is 0 Å². The van der Waals surface area contributed by atoms with Gasteiger partial charge in [0.2, 0.25) is 8.00 Å². The van der Waals surface area contributed by atoms with Crippen LogP contribution in [0.3, 0.4) is 0 Å². The van der Waals surface area contributed by atoms with Gasteiger partial charge >= 0.3 is 8.03 Å². The summed E-state index contributed by atoms with van der Waals surface area (Å²) in [6.07, 6.45) is 1.35. The molecular formula is C10H14O4P3+. The summed E-state index contributed by atoms with van der Waals surface area (Å²) in [6.45, 7) is 0. The first-order valence-corrected chi connectivity index (χ1v) is 9.41. The predicted octanol–water partition coefficient (Wildman–Crippen LogP) is 0.995. The van der Waals surface area contributed by atoms with Crippen molar-refractivity contribution in [3.8, 4) is 0 Å². The third-order valence-corrected chi connectivity index (χ3v) is 6.30. The Morgan fingerprint density at radius 2 is 1.94 bits per heavy atom. The molecule has 0 amide bonds. The molecule has 0 aliphatic carbocycles. The molecule has 0 bridgehead atoms. The molecule has 0 aromatic heterocycles. The zero-order valence-electron chi connectivity index (χ0n) is 9.14. The highest BCUT2D eigenvalue weighted by atomic mass is 31.1. The van der Waals surface area contributed by atoms with E-state index in [2.05, 4.69) is 0 Å². The van der Waals surface area contributed by atoms with Crippen molar-refractivity contribution >= 4 is 35.0 Å². The first-order chi connectivity index (χ1) is 8.09. The topological polar surface area (TPSA) is 80.6 Å². The molecule has 0 saturated heterocycles. The van der Waals surface area contributed by atoms with Crippen molar-refractivity contribution in [2.45, 2.75) is 0 Å².